The van der Waals surface area contributed by atoms with Crippen LogP contribution in [0.15, 0.2) is 12.3 Å². The molecule has 0 fully saturated rings. The first-order valence-electron chi connectivity index (χ1n) is 4.13. The molecule has 1 N–H and O–H groups in total. The van der Waals surface area contributed by atoms with Crippen molar-refractivity contribution in [2.24, 2.45) is 0 Å². The first kappa shape index (κ1) is 7.68. The van der Waals surface area contributed by atoms with E-state index in [2.05, 4.69) is 10.3 Å². The molecule has 0 amide bonds. The van der Waals surface area contributed by atoms with Crippen molar-refractivity contribution in [2.45, 2.75) is 19.6 Å². The highest BCUT2D eigenvalue weighted by Gasteiger charge is 2.09. The summed E-state index contributed by atoms with van der Waals surface area (Å²) in [6.45, 7) is 1.39. The lowest BCUT2D eigenvalue weighted by Gasteiger charge is -2.15. The van der Waals surface area contributed by atoms with Crippen molar-refractivity contribution in [1.82, 2.24) is 10.3 Å². The number of hydrogen-bond donors (Lipinski definition) is 1. The van der Waals surface area contributed by atoms with Crippen LogP contribution in [0.2, 0.25) is 0 Å². The molecule has 0 aromatic carbocycles. The summed E-state index contributed by atoms with van der Waals surface area (Å²) in [5.74, 6) is 0. The van der Waals surface area contributed by atoms with Gasteiger partial charge in [0.2, 0.25) is 0 Å². The van der Waals surface area contributed by atoms with E-state index in [1.807, 2.05) is 6.07 Å². The summed E-state index contributed by atoms with van der Waals surface area (Å²) in [5.41, 5.74) is 2.94. The van der Waals surface area contributed by atoms with Crippen LogP contribution in [-0.4, -0.2) is 11.5 Å². The predicted molar refractivity (Wildman–Crippen MR) is 44.5 cm³/mol. The molecule has 2 nitrogen and oxygen atoms in total. The number of hydrogen-bond acceptors (Lipinski definition) is 2. The third-order valence-electron chi connectivity index (χ3n) is 2.12. The normalized spacial score (nSPS) is 15.8. The Hall–Kier alpha value is -0.960. The second-order valence-corrected chi connectivity index (χ2v) is 3.01. The van der Waals surface area contributed by atoms with Crippen molar-refractivity contribution in [2.75, 3.05) is 6.54 Å². The molecule has 3 heteroatoms. The molecule has 0 saturated heterocycles. The molecule has 0 spiro atoms. The number of halogens is 1. The second-order valence-electron chi connectivity index (χ2n) is 3.01. The van der Waals surface area contributed by atoms with Gasteiger partial charge in [0.1, 0.15) is 6.67 Å². The van der Waals surface area contributed by atoms with Crippen LogP contribution in [0.5, 0.6) is 0 Å². The van der Waals surface area contributed by atoms with Crippen LogP contribution in [0.3, 0.4) is 0 Å². The molecule has 0 bridgehead atoms. The molecular weight excluding hydrogens is 155 g/mol. The molecule has 1 aromatic heterocycles. The van der Waals surface area contributed by atoms with Crippen LogP contribution in [0, 0.1) is 0 Å². The standard InChI is InChI=1S/C9H11FN2/c10-4-7-3-8-6-11-2-1-9(8)12-5-7/h3,5,11H,1-2,4,6H2. The maximum absolute atomic E-state index is 12.2. The SMILES string of the molecule is FCc1cnc2c(c1)CNCC2. The van der Waals surface area contributed by atoms with Crippen molar-refractivity contribution in [3.63, 3.8) is 0 Å². The highest BCUT2D eigenvalue weighted by atomic mass is 19.1. The third kappa shape index (κ3) is 1.32. The lowest BCUT2D eigenvalue weighted by atomic mass is 10.1. The number of nitrogens with zero attached hydrogens (tertiary/aromatic N) is 1. The molecule has 0 saturated carbocycles. The van der Waals surface area contributed by atoms with Crippen molar-refractivity contribution in [3.8, 4) is 0 Å². The van der Waals surface area contributed by atoms with Crippen molar-refractivity contribution < 1.29 is 4.39 Å². The minimum absolute atomic E-state index is 0.416. The zero-order valence-corrected chi connectivity index (χ0v) is 6.81. The molecule has 0 atom stereocenters. The number of aromatic nitrogens is 1. The quantitative estimate of drug-likeness (QED) is 0.678. The Bertz CT molecular complexity index is 286. The van der Waals surface area contributed by atoms with Gasteiger partial charge in [-0.2, -0.15) is 0 Å². The summed E-state index contributed by atoms with van der Waals surface area (Å²) in [7, 11) is 0. The summed E-state index contributed by atoms with van der Waals surface area (Å²) in [4.78, 5) is 4.21. The molecular formula is C9H11FN2. The highest BCUT2D eigenvalue weighted by molar-refractivity contribution is 5.26. The smallest absolute Gasteiger partial charge is 0.116 e. The van der Waals surface area contributed by atoms with E-state index in [9.17, 15) is 4.39 Å². The van der Waals surface area contributed by atoms with Gasteiger partial charge in [-0.3, -0.25) is 4.98 Å². The summed E-state index contributed by atoms with van der Waals surface area (Å²) < 4.78 is 12.2. The Balaban J connectivity index is 2.36. The van der Waals surface area contributed by atoms with Crippen LogP contribution < -0.4 is 5.32 Å². The number of fused-ring (bicyclic) bond motifs is 1. The Morgan fingerprint density at radius 2 is 2.50 bits per heavy atom. The number of alkyl halides is 1. The van der Waals surface area contributed by atoms with Gasteiger partial charge >= 0.3 is 0 Å². The van der Waals surface area contributed by atoms with E-state index in [1.165, 1.54) is 0 Å². The lowest BCUT2D eigenvalue weighted by Crippen LogP contribution is -2.24. The first-order chi connectivity index (χ1) is 5.90. The summed E-state index contributed by atoms with van der Waals surface area (Å²) >= 11 is 0. The average molecular weight is 166 g/mol. The van der Waals surface area contributed by atoms with Gasteiger partial charge < -0.3 is 5.32 Å². The van der Waals surface area contributed by atoms with Crippen LogP contribution in [0.4, 0.5) is 4.39 Å². The molecule has 0 unspecified atom stereocenters. The van der Waals surface area contributed by atoms with Gasteiger partial charge in [-0.05, 0) is 11.6 Å². The lowest BCUT2D eigenvalue weighted by molar-refractivity contribution is 0.482. The Morgan fingerprint density at radius 3 is 3.33 bits per heavy atom. The molecule has 12 heavy (non-hydrogen) atoms. The van der Waals surface area contributed by atoms with Gasteiger partial charge in [-0.25, -0.2) is 4.39 Å². The minimum Gasteiger partial charge on any atom is -0.312 e. The van der Waals surface area contributed by atoms with Crippen LogP contribution in [0.1, 0.15) is 16.8 Å². The summed E-state index contributed by atoms with van der Waals surface area (Å²) in [6.07, 6.45) is 2.59. The molecule has 0 aliphatic carbocycles. The maximum Gasteiger partial charge on any atom is 0.116 e. The molecule has 1 aliphatic rings. The topological polar surface area (TPSA) is 24.9 Å². The number of pyridine rings is 1. The Kier molecular flexibility index (Phi) is 2.04. The molecule has 0 radical (unpaired) electrons. The van der Waals surface area contributed by atoms with Gasteiger partial charge in [0, 0.05) is 37.0 Å². The van der Waals surface area contributed by atoms with Gasteiger partial charge in [0.05, 0.1) is 0 Å². The maximum atomic E-state index is 12.2. The van der Waals surface area contributed by atoms with Gasteiger partial charge in [-0.1, -0.05) is 0 Å². The molecule has 2 rings (SSSR count). The van der Waals surface area contributed by atoms with E-state index in [4.69, 9.17) is 0 Å². The molecule has 1 aliphatic heterocycles. The van der Waals surface area contributed by atoms with E-state index >= 15 is 0 Å². The van der Waals surface area contributed by atoms with E-state index in [0.29, 0.717) is 5.56 Å². The van der Waals surface area contributed by atoms with Crippen molar-refractivity contribution in [1.29, 1.82) is 0 Å². The number of nitrogens with one attached hydrogen (secondary N) is 1. The Morgan fingerprint density at radius 1 is 1.58 bits per heavy atom. The fraction of sp³-hybridized carbons (Fsp3) is 0.444. The first-order valence-corrected chi connectivity index (χ1v) is 4.13. The predicted octanol–water partition coefficient (Wildman–Crippen LogP) is 1.20. The third-order valence-corrected chi connectivity index (χ3v) is 2.12. The minimum atomic E-state index is -0.416. The van der Waals surface area contributed by atoms with Crippen molar-refractivity contribution >= 4 is 0 Å². The van der Waals surface area contributed by atoms with Crippen LogP contribution in [0.25, 0.3) is 0 Å². The van der Waals surface area contributed by atoms with E-state index in [-0.39, 0.29) is 0 Å². The van der Waals surface area contributed by atoms with Crippen LogP contribution in [-0.2, 0) is 19.6 Å². The zero-order chi connectivity index (χ0) is 8.39. The highest BCUT2D eigenvalue weighted by Crippen LogP contribution is 2.13. The van der Waals surface area contributed by atoms with Crippen LogP contribution >= 0.6 is 0 Å². The average Bonchev–Trinajstić information content (AvgIpc) is 2.17. The zero-order valence-electron chi connectivity index (χ0n) is 6.81. The van der Waals surface area contributed by atoms with Gasteiger partial charge in [0.15, 0.2) is 0 Å². The summed E-state index contributed by atoms with van der Waals surface area (Å²) in [6, 6.07) is 1.90. The van der Waals surface area contributed by atoms with E-state index in [0.717, 1.165) is 30.8 Å². The van der Waals surface area contributed by atoms with Crippen molar-refractivity contribution in [3.05, 3.63) is 29.1 Å². The Labute approximate surface area is 70.8 Å². The monoisotopic (exact) mass is 166 g/mol. The van der Waals surface area contributed by atoms with Gasteiger partial charge in [0.25, 0.3) is 0 Å². The molecule has 64 valence electrons. The van der Waals surface area contributed by atoms with E-state index in [1.54, 1.807) is 6.20 Å². The van der Waals surface area contributed by atoms with E-state index < -0.39 is 6.67 Å². The fourth-order valence-electron chi connectivity index (χ4n) is 1.47. The largest absolute Gasteiger partial charge is 0.312 e. The molecule has 2 heterocycles. The number of rotatable bonds is 1. The fourth-order valence-corrected chi connectivity index (χ4v) is 1.47. The van der Waals surface area contributed by atoms with Gasteiger partial charge in [-0.15, -0.1) is 0 Å². The second kappa shape index (κ2) is 3.19. The summed E-state index contributed by atoms with van der Waals surface area (Å²) in [5, 5.41) is 3.23. The molecule has 1 aromatic rings.